The molecule has 27 heteroatoms. The van der Waals surface area contributed by atoms with Gasteiger partial charge in [-0.2, -0.15) is 0 Å². The highest BCUT2D eigenvalue weighted by Crippen LogP contribution is 2.34. The second kappa shape index (κ2) is 32.8. The van der Waals surface area contributed by atoms with Crippen LogP contribution in [0.15, 0.2) is 174 Å². The van der Waals surface area contributed by atoms with Gasteiger partial charge in [0.2, 0.25) is 0 Å². The quantitative estimate of drug-likeness (QED) is 0.0135. The van der Waals surface area contributed by atoms with E-state index in [9.17, 15) is 4.39 Å². The van der Waals surface area contributed by atoms with E-state index in [1.165, 1.54) is 37.3 Å². The number of hydrogen-bond acceptors (Lipinski definition) is 23. The number of nitrogen functional groups attached to an aromatic ring is 3. The van der Waals surface area contributed by atoms with Crippen molar-refractivity contribution in [1.82, 2.24) is 34.8 Å². The molecule has 4 heterocycles. The number of anilines is 9. The predicted molar refractivity (Wildman–Crippen MR) is 335 cm³/mol. The number of nitrogens with zero attached hydrogens (tertiary/aromatic N) is 10. The zero-order valence-electron chi connectivity index (χ0n) is 46.3. The molecule has 0 bridgehead atoms. The third kappa shape index (κ3) is 19.5. The Hall–Kier alpha value is -10.1. The van der Waals surface area contributed by atoms with E-state index in [-0.39, 0.29) is 29.9 Å². The number of ether oxygens (including phenoxy) is 4. The Morgan fingerprint density at radius 3 is 1.32 bits per heavy atom. The zero-order chi connectivity index (χ0) is 61.2. The molecule has 0 saturated carbocycles. The Kier molecular flexibility index (Phi) is 23.7. The number of hydrogen-bond donors (Lipinski definition) is 8. The molecule has 0 spiro atoms. The van der Waals surface area contributed by atoms with Gasteiger partial charge < -0.3 is 67.4 Å². The van der Waals surface area contributed by atoms with E-state index < -0.39 is 0 Å². The molecule has 1 aliphatic rings. The molecule has 1 fully saturated rings. The Morgan fingerprint density at radius 1 is 0.517 bits per heavy atom. The highest BCUT2D eigenvalue weighted by molar-refractivity contribution is 6.33. The first-order chi connectivity index (χ1) is 42.4. The maximum absolute atomic E-state index is 13.2. The second-order valence-electron chi connectivity index (χ2n) is 18.4. The van der Waals surface area contributed by atoms with Gasteiger partial charge in [0, 0.05) is 36.7 Å². The van der Waals surface area contributed by atoms with Crippen LogP contribution in [-0.4, -0.2) is 103 Å². The minimum atomic E-state index is -0.326. The topological polar surface area (TPSA) is 318 Å². The zero-order valence-corrected chi connectivity index (χ0v) is 48.5. The molecule has 448 valence electrons. The first kappa shape index (κ1) is 62.9. The fourth-order valence-electron chi connectivity index (χ4n) is 7.92. The summed E-state index contributed by atoms with van der Waals surface area (Å²) in [6, 6.07) is 41.6. The van der Waals surface area contributed by atoms with E-state index >= 15 is 0 Å². The summed E-state index contributed by atoms with van der Waals surface area (Å²) >= 11 is 19.0. The molecule has 23 nitrogen and oxygen atoms in total. The van der Waals surface area contributed by atoms with Gasteiger partial charge in [-0.3, -0.25) is 4.90 Å². The minimum Gasteiger partial charge on any atom is -0.487 e. The minimum absolute atomic E-state index is 0.159. The van der Waals surface area contributed by atoms with E-state index in [1.807, 2.05) is 66.7 Å². The third-order valence-electron chi connectivity index (χ3n) is 12.3. The summed E-state index contributed by atoms with van der Waals surface area (Å²) in [5.41, 5.74) is 23.6. The Labute approximate surface area is 514 Å². The summed E-state index contributed by atoms with van der Waals surface area (Å²) in [6.45, 7) is 5.59. The third-order valence-corrected chi connectivity index (χ3v) is 13.2. The second-order valence-corrected chi connectivity index (χ2v) is 19.6. The Balaban J connectivity index is 0.000000171. The first-order valence-corrected chi connectivity index (χ1v) is 27.6. The lowest BCUT2D eigenvalue weighted by Crippen LogP contribution is -2.38. The van der Waals surface area contributed by atoms with Crippen molar-refractivity contribution in [1.29, 1.82) is 0 Å². The van der Waals surface area contributed by atoms with Gasteiger partial charge in [0.25, 0.3) is 0 Å². The molecule has 87 heavy (non-hydrogen) atoms. The van der Waals surface area contributed by atoms with Gasteiger partial charge in [0.1, 0.15) is 103 Å². The maximum Gasteiger partial charge on any atom is 0.144 e. The van der Waals surface area contributed by atoms with Crippen molar-refractivity contribution in [2.75, 3.05) is 72.6 Å². The molecule has 0 radical (unpaired) electrons. The lowest BCUT2D eigenvalue weighted by Gasteiger charge is -2.25. The Bertz CT molecular complexity index is 3770. The number of nitrogens with one attached hydrogen (secondary N) is 3. The smallest absolute Gasteiger partial charge is 0.144 e. The highest BCUT2D eigenvalue weighted by Gasteiger charge is 2.15. The highest BCUT2D eigenvalue weighted by atomic mass is 35.5. The number of nitrogens with two attached hydrogens (primary N) is 3. The maximum atomic E-state index is 13.2. The predicted octanol–water partition coefficient (Wildman–Crippen LogP) is 11.5. The SMILES string of the molecule is Nc1ncnc(Nc2ccc(OCc3cccc(F)c3)c(Cl)c2)c1/C=N/O.Nc1ncnc(Nc2ccc(OCc3ccccc3)c(Cl)c2)c1/C=N/O.Nc1ncnc(Nc2ccc(OCc3ccccc3)c(Cl)c2)c1/C=N/OCCN1CCOCC1. The van der Waals surface area contributed by atoms with Crippen LogP contribution < -0.4 is 47.4 Å². The largest absolute Gasteiger partial charge is 0.487 e. The number of rotatable bonds is 22. The van der Waals surface area contributed by atoms with Crippen LogP contribution in [-0.2, 0) is 29.4 Å². The summed E-state index contributed by atoms with van der Waals surface area (Å²) in [5.74, 6) is 3.15. The summed E-state index contributed by atoms with van der Waals surface area (Å²) < 4.78 is 35.8. The van der Waals surface area contributed by atoms with Gasteiger partial charge in [-0.1, -0.05) is 123 Å². The molecule has 0 aliphatic carbocycles. The van der Waals surface area contributed by atoms with Crippen molar-refractivity contribution >= 4 is 105 Å². The molecular weight excluding hydrogens is 1180 g/mol. The molecule has 0 amide bonds. The van der Waals surface area contributed by atoms with Crippen LogP contribution in [0.4, 0.5) is 56.4 Å². The van der Waals surface area contributed by atoms with Crippen LogP contribution in [0, 0.1) is 5.82 Å². The van der Waals surface area contributed by atoms with Crippen LogP contribution in [0.3, 0.4) is 0 Å². The molecule has 9 aromatic rings. The van der Waals surface area contributed by atoms with Crippen LogP contribution >= 0.6 is 34.8 Å². The number of benzene rings is 6. The lowest BCUT2D eigenvalue weighted by molar-refractivity contribution is 0.0214. The fraction of sp³-hybridized carbons (Fsp3) is 0.150. The van der Waals surface area contributed by atoms with E-state index in [2.05, 4.69) is 66.2 Å². The number of halogens is 4. The Morgan fingerprint density at radius 2 is 0.920 bits per heavy atom. The number of aromatic nitrogens is 6. The van der Waals surface area contributed by atoms with Crippen molar-refractivity contribution in [2.24, 2.45) is 15.5 Å². The van der Waals surface area contributed by atoms with E-state index in [0.717, 1.165) is 62.1 Å². The van der Waals surface area contributed by atoms with Crippen molar-refractivity contribution in [3.05, 3.63) is 213 Å². The first-order valence-electron chi connectivity index (χ1n) is 26.4. The lowest BCUT2D eigenvalue weighted by atomic mass is 10.2. The van der Waals surface area contributed by atoms with Gasteiger partial charge in [0.15, 0.2) is 0 Å². The van der Waals surface area contributed by atoms with Crippen LogP contribution in [0.25, 0.3) is 0 Å². The molecule has 0 atom stereocenters. The van der Waals surface area contributed by atoms with Crippen molar-refractivity contribution in [3.63, 3.8) is 0 Å². The molecule has 3 aromatic heterocycles. The average Bonchev–Trinajstić information content (AvgIpc) is 3.69. The van der Waals surface area contributed by atoms with E-state index in [0.29, 0.717) is 103 Å². The molecule has 10 rings (SSSR count). The van der Waals surface area contributed by atoms with E-state index in [1.54, 1.807) is 60.7 Å². The molecule has 1 aliphatic heterocycles. The van der Waals surface area contributed by atoms with Crippen molar-refractivity contribution < 1.29 is 38.6 Å². The van der Waals surface area contributed by atoms with Gasteiger partial charge in [-0.05, 0) is 83.4 Å². The van der Waals surface area contributed by atoms with Gasteiger partial charge in [-0.15, -0.1) is 0 Å². The van der Waals surface area contributed by atoms with Crippen molar-refractivity contribution in [3.8, 4) is 17.2 Å². The summed E-state index contributed by atoms with van der Waals surface area (Å²) in [6.07, 6.45) is 7.78. The number of morpholine rings is 1. The van der Waals surface area contributed by atoms with Crippen molar-refractivity contribution in [2.45, 2.75) is 19.8 Å². The van der Waals surface area contributed by atoms with Gasteiger partial charge >= 0.3 is 0 Å². The number of oxime groups is 3. The average molecular weight is 1240 g/mol. The summed E-state index contributed by atoms with van der Waals surface area (Å²) in [7, 11) is 0. The monoisotopic (exact) mass is 1240 g/mol. The normalized spacial score (nSPS) is 12.2. The molecule has 0 unspecified atom stereocenters. The van der Waals surface area contributed by atoms with Gasteiger partial charge in [-0.25, -0.2) is 34.3 Å². The molecule has 6 aromatic carbocycles. The molecule has 1 saturated heterocycles. The standard InChI is InChI=1S/C24H27ClN6O3.C18H15ClFN5O2.C18H16ClN5O2/c25-21-14-19(6-7-22(21)33-16-18-4-2-1-3-5-18)30-24-20(23(26)27-17-28-24)15-29-34-13-10-31-8-11-32-12-9-31;19-15-7-13(25-18-14(8-24-26)17(21)22-10-23-18)4-5-16(15)27-9-11-2-1-3-12(20)6-11;19-15-8-13(24-18-14(9-23-25)17(20)21-11-22-18)6-7-16(15)26-10-12-4-2-1-3-5-12/h1-7,14-15,17H,8-13,16H2,(H3,26,27,28,30);1-8,10,26H,9H2,(H3,21,22,23,25);1-9,11,25H,10H2,(H3,20,21,22,24)/b29-15+;24-8+;23-9+. The van der Waals surface area contributed by atoms with Gasteiger partial charge in [0.05, 0.1) is 63.6 Å². The summed E-state index contributed by atoms with van der Waals surface area (Å²) in [4.78, 5) is 31.9. The van der Waals surface area contributed by atoms with Crippen LogP contribution in [0.5, 0.6) is 17.2 Å². The fourth-order valence-corrected chi connectivity index (χ4v) is 8.62. The van der Waals surface area contributed by atoms with E-state index in [4.69, 9.17) is 86.2 Å². The summed E-state index contributed by atoms with van der Waals surface area (Å²) in [5, 5.41) is 38.1. The van der Waals surface area contributed by atoms with Crippen LogP contribution in [0.1, 0.15) is 33.4 Å². The molecular formula is C60H58Cl3FN16O7. The molecule has 11 N–H and O–H groups in total. The van der Waals surface area contributed by atoms with Crippen LogP contribution in [0.2, 0.25) is 15.1 Å².